The second-order valence-electron chi connectivity index (χ2n) is 8.33. The zero-order valence-electron chi connectivity index (χ0n) is 18.2. The van der Waals surface area contributed by atoms with Gasteiger partial charge in [-0.1, -0.05) is 25.1 Å². The Balaban J connectivity index is 1.22. The number of carbonyl (C=O) groups is 2. The van der Waals surface area contributed by atoms with Crippen molar-refractivity contribution in [3.8, 4) is 0 Å². The van der Waals surface area contributed by atoms with E-state index < -0.39 is 0 Å². The molecule has 1 aliphatic rings. The van der Waals surface area contributed by atoms with Crippen molar-refractivity contribution in [3.63, 3.8) is 0 Å². The number of piperidine rings is 1. The van der Waals surface area contributed by atoms with Crippen LogP contribution >= 0.6 is 22.7 Å². The molecule has 4 rings (SSSR count). The quantitative estimate of drug-likeness (QED) is 0.498. The minimum absolute atomic E-state index is 0.100. The fourth-order valence-electron chi connectivity index (χ4n) is 3.72. The maximum absolute atomic E-state index is 12.4. The van der Waals surface area contributed by atoms with E-state index in [4.69, 9.17) is 0 Å². The van der Waals surface area contributed by atoms with Crippen LogP contribution in [0.5, 0.6) is 0 Å². The van der Waals surface area contributed by atoms with Crippen molar-refractivity contribution in [2.45, 2.75) is 39.2 Å². The largest absolute Gasteiger partial charge is 0.326 e. The third-order valence-corrected chi connectivity index (χ3v) is 7.26. The molecule has 8 heteroatoms. The molecule has 2 amide bonds. The molecule has 2 aromatic heterocycles. The number of hydrogen-bond acceptors (Lipinski definition) is 6. The van der Waals surface area contributed by atoms with Crippen molar-refractivity contribution < 1.29 is 9.59 Å². The van der Waals surface area contributed by atoms with Crippen molar-refractivity contribution in [2.24, 2.45) is 5.92 Å². The Bertz CT molecular complexity index is 1020. The van der Waals surface area contributed by atoms with Crippen LogP contribution in [0.15, 0.2) is 47.2 Å². The number of thiophene rings is 1. The number of anilines is 2. The van der Waals surface area contributed by atoms with Crippen LogP contribution in [0.2, 0.25) is 0 Å². The van der Waals surface area contributed by atoms with E-state index in [2.05, 4.69) is 39.6 Å². The molecule has 3 aromatic rings. The molecule has 168 valence electrons. The van der Waals surface area contributed by atoms with Crippen LogP contribution < -0.4 is 10.6 Å². The molecule has 1 fully saturated rings. The molecule has 0 saturated carbocycles. The van der Waals surface area contributed by atoms with Gasteiger partial charge in [-0.25, -0.2) is 4.98 Å². The summed E-state index contributed by atoms with van der Waals surface area (Å²) < 4.78 is 0. The van der Waals surface area contributed by atoms with E-state index in [1.54, 1.807) is 11.3 Å². The minimum atomic E-state index is -0.121. The molecular weight excluding hydrogens is 440 g/mol. The van der Waals surface area contributed by atoms with E-state index in [9.17, 15) is 9.59 Å². The molecule has 1 saturated heterocycles. The summed E-state index contributed by atoms with van der Waals surface area (Å²) in [5, 5.41) is 10.0. The maximum atomic E-state index is 12.4. The highest BCUT2D eigenvalue weighted by atomic mass is 32.1. The van der Waals surface area contributed by atoms with Crippen LogP contribution in [-0.4, -0.2) is 34.8 Å². The Hall–Kier alpha value is -2.55. The summed E-state index contributed by atoms with van der Waals surface area (Å²) in [4.78, 5) is 32.4. The number of thiazole rings is 1. The summed E-state index contributed by atoms with van der Waals surface area (Å²) in [5.74, 6) is 0.613. The molecule has 0 atom stereocenters. The van der Waals surface area contributed by atoms with Gasteiger partial charge in [0.15, 0.2) is 5.13 Å². The highest BCUT2D eigenvalue weighted by Gasteiger charge is 2.16. The first-order valence-corrected chi connectivity index (χ1v) is 12.7. The SMILES string of the molecule is CC1CCN(Cc2ccc(NC(=O)Cc3csc(NC(=O)Cc4cccs4)n3)cc2)CC1. The van der Waals surface area contributed by atoms with Crippen LogP contribution in [-0.2, 0) is 29.0 Å². The molecular formula is C24H28N4O2S2. The van der Waals surface area contributed by atoms with E-state index in [-0.39, 0.29) is 18.2 Å². The molecule has 32 heavy (non-hydrogen) atoms. The summed E-state index contributed by atoms with van der Waals surface area (Å²) in [7, 11) is 0. The lowest BCUT2D eigenvalue weighted by Crippen LogP contribution is -2.32. The Labute approximate surface area is 196 Å². The normalized spacial score (nSPS) is 14.9. The van der Waals surface area contributed by atoms with E-state index >= 15 is 0 Å². The lowest BCUT2D eigenvalue weighted by molar-refractivity contribution is -0.116. The fraction of sp³-hybridized carbons (Fsp3) is 0.375. The van der Waals surface area contributed by atoms with Crippen molar-refractivity contribution in [1.82, 2.24) is 9.88 Å². The molecule has 3 heterocycles. The first-order chi connectivity index (χ1) is 15.5. The van der Waals surface area contributed by atoms with Gasteiger partial charge in [-0.15, -0.1) is 22.7 Å². The van der Waals surface area contributed by atoms with Crippen LogP contribution in [0.3, 0.4) is 0 Å². The third kappa shape index (κ3) is 6.72. The molecule has 0 aliphatic carbocycles. The number of amides is 2. The number of carbonyl (C=O) groups excluding carboxylic acids is 2. The van der Waals surface area contributed by atoms with Crippen molar-refractivity contribution in [2.75, 3.05) is 23.7 Å². The second-order valence-corrected chi connectivity index (χ2v) is 10.2. The van der Waals surface area contributed by atoms with Gasteiger partial charge >= 0.3 is 0 Å². The topological polar surface area (TPSA) is 74.3 Å². The van der Waals surface area contributed by atoms with Crippen LogP contribution in [0.25, 0.3) is 0 Å². The summed E-state index contributed by atoms with van der Waals surface area (Å²) in [5.41, 5.74) is 2.69. The average molecular weight is 469 g/mol. The van der Waals surface area contributed by atoms with Crippen LogP contribution in [0.4, 0.5) is 10.8 Å². The molecule has 2 N–H and O–H groups in total. The number of likely N-dealkylation sites (tertiary alicyclic amines) is 1. The van der Waals surface area contributed by atoms with Gasteiger partial charge < -0.3 is 10.6 Å². The second kappa shape index (κ2) is 10.8. The average Bonchev–Trinajstić information content (AvgIpc) is 3.43. The Morgan fingerprint density at radius 2 is 1.78 bits per heavy atom. The molecule has 1 aliphatic heterocycles. The van der Waals surface area contributed by atoms with Crippen LogP contribution in [0.1, 0.15) is 35.9 Å². The van der Waals surface area contributed by atoms with E-state index in [0.717, 1.165) is 36.1 Å². The van der Waals surface area contributed by atoms with Crippen LogP contribution in [0, 0.1) is 5.92 Å². The first kappa shape index (κ1) is 22.6. The van der Waals surface area contributed by atoms with Gasteiger partial charge in [0.05, 0.1) is 18.5 Å². The number of nitrogens with one attached hydrogen (secondary N) is 2. The number of rotatable bonds is 8. The van der Waals surface area contributed by atoms with Gasteiger partial charge in [-0.05, 0) is 61.0 Å². The number of aromatic nitrogens is 1. The van der Waals surface area contributed by atoms with Gasteiger partial charge in [0, 0.05) is 22.5 Å². The zero-order valence-corrected chi connectivity index (χ0v) is 19.8. The molecule has 0 unspecified atom stereocenters. The molecule has 0 bridgehead atoms. The summed E-state index contributed by atoms with van der Waals surface area (Å²) in [6.07, 6.45) is 3.04. The number of benzene rings is 1. The fourth-order valence-corrected chi connectivity index (χ4v) is 5.15. The lowest BCUT2D eigenvalue weighted by atomic mass is 9.99. The van der Waals surface area contributed by atoms with Gasteiger partial charge in [0.1, 0.15) is 0 Å². The summed E-state index contributed by atoms with van der Waals surface area (Å²) >= 11 is 2.89. The molecule has 0 radical (unpaired) electrons. The van der Waals surface area contributed by atoms with Gasteiger partial charge in [0.25, 0.3) is 0 Å². The predicted molar refractivity (Wildman–Crippen MR) is 131 cm³/mol. The van der Waals surface area contributed by atoms with E-state index in [1.165, 1.54) is 29.7 Å². The van der Waals surface area contributed by atoms with E-state index in [1.807, 2.05) is 35.0 Å². The number of hydrogen-bond donors (Lipinski definition) is 2. The first-order valence-electron chi connectivity index (χ1n) is 10.9. The summed E-state index contributed by atoms with van der Waals surface area (Å²) in [6, 6.07) is 11.9. The van der Waals surface area contributed by atoms with Crippen molar-refractivity contribution in [1.29, 1.82) is 0 Å². The Morgan fingerprint density at radius 1 is 1.03 bits per heavy atom. The van der Waals surface area contributed by atoms with Gasteiger partial charge in [-0.2, -0.15) is 0 Å². The highest BCUT2D eigenvalue weighted by molar-refractivity contribution is 7.14. The molecule has 0 spiro atoms. The maximum Gasteiger partial charge on any atom is 0.231 e. The minimum Gasteiger partial charge on any atom is -0.326 e. The Kier molecular flexibility index (Phi) is 7.68. The molecule has 6 nitrogen and oxygen atoms in total. The monoisotopic (exact) mass is 468 g/mol. The predicted octanol–water partition coefficient (Wildman–Crippen LogP) is 4.80. The smallest absolute Gasteiger partial charge is 0.231 e. The third-order valence-electron chi connectivity index (χ3n) is 5.57. The van der Waals surface area contributed by atoms with Crippen molar-refractivity contribution >= 4 is 45.3 Å². The van der Waals surface area contributed by atoms with Crippen molar-refractivity contribution in [3.05, 3.63) is 63.3 Å². The lowest BCUT2D eigenvalue weighted by Gasteiger charge is -2.30. The van der Waals surface area contributed by atoms with Gasteiger partial charge in [-0.3, -0.25) is 14.5 Å². The standard InChI is InChI=1S/C24H28N4O2S2/c1-17-8-10-28(11-9-17)15-18-4-6-19(7-5-18)25-22(29)13-20-16-32-24(26-20)27-23(30)14-21-3-2-12-31-21/h2-7,12,16-17H,8-11,13-15H2,1H3,(H,25,29)(H,26,27,30). The van der Waals surface area contributed by atoms with E-state index in [0.29, 0.717) is 17.2 Å². The highest BCUT2D eigenvalue weighted by Crippen LogP contribution is 2.20. The van der Waals surface area contributed by atoms with Gasteiger partial charge in [0.2, 0.25) is 11.8 Å². The molecule has 1 aromatic carbocycles. The zero-order chi connectivity index (χ0) is 22.3. The Morgan fingerprint density at radius 3 is 2.50 bits per heavy atom. The number of nitrogens with zero attached hydrogens (tertiary/aromatic N) is 2. The summed E-state index contributed by atoms with van der Waals surface area (Å²) in [6.45, 7) is 5.60.